The van der Waals surface area contributed by atoms with Gasteiger partial charge in [0.05, 0.1) is 5.92 Å². The van der Waals surface area contributed by atoms with Crippen molar-refractivity contribution >= 4 is 23.6 Å². The molecule has 25 heavy (non-hydrogen) atoms. The molecule has 10 heteroatoms. The third-order valence-corrected chi connectivity index (χ3v) is 3.67. The number of anilines is 1. The zero-order chi connectivity index (χ0) is 18.6. The number of hydrogen-bond acceptors (Lipinski definition) is 3. The summed E-state index contributed by atoms with van der Waals surface area (Å²) >= 11 is 0. The van der Waals surface area contributed by atoms with Gasteiger partial charge in [-0.05, 0) is 30.7 Å². The molecule has 2 rings (SSSR count). The van der Waals surface area contributed by atoms with Crippen LogP contribution in [-0.4, -0.2) is 53.7 Å². The van der Waals surface area contributed by atoms with Crippen molar-refractivity contribution in [1.29, 1.82) is 0 Å². The van der Waals surface area contributed by atoms with Gasteiger partial charge in [-0.2, -0.15) is 13.2 Å². The van der Waals surface area contributed by atoms with Crippen LogP contribution in [0.2, 0.25) is 0 Å². The number of amides is 3. The molecular weight excluding hydrogens is 343 g/mol. The molecule has 0 bridgehead atoms. The minimum absolute atomic E-state index is 0.0226. The lowest BCUT2D eigenvalue weighted by atomic mass is 10.1. The number of carboxylic acid groups (broad SMARTS) is 1. The topological polar surface area (TPSA) is 98.7 Å². The summed E-state index contributed by atoms with van der Waals surface area (Å²) in [4.78, 5) is 35.8. The molecular formula is C15H16F3N3O4. The smallest absolute Gasteiger partial charge is 0.405 e. The standard InChI is InChI=1S/C15H16F3N3O4/c16-15(17,18)8-19-12(22)9-1-3-11(4-2-9)20-14(25)21-6-5-10(7-21)13(23)24/h1-4,10H,5-8H2,(H,19,22)(H,20,25)(H,23,24). The second-order valence-electron chi connectivity index (χ2n) is 5.58. The lowest BCUT2D eigenvalue weighted by molar-refractivity contribution is -0.141. The SMILES string of the molecule is O=C(NCC(F)(F)F)c1ccc(NC(=O)N2CCC(C(=O)O)C2)cc1. The summed E-state index contributed by atoms with van der Waals surface area (Å²) in [6, 6.07) is 4.85. The summed E-state index contributed by atoms with van der Waals surface area (Å²) in [5.74, 6) is -2.42. The third-order valence-electron chi connectivity index (χ3n) is 3.67. The predicted molar refractivity (Wildman–Crippen MR) is 81.2 cm³/mol. The second-order valence-corrected chi connectivity index (χ2v) is 5.58. The maximum Gasteiger partial charge on any atom is 0.405 e. The number of carbonyl (C=O) groups excluding carboxylic acids is 2. The zero-order valence-corrected chi connectivity index (χ0v) is 13.0. The van der Waals surface area contributed by atoms with Crippen molar-refractivity contribution in [3.8, 4) is 0 Å². The number of carbonyl (C=O) groups is 3. The zero-order valence-electron chi connectivity index (χ0n) is 13.0. The highest BCUT2D eigenvalue weighted by Crippen LogP contribution is 2.18. The molecule has 1 aromatic carbocycles. The van der Waals surface area contributed by atoms with E-state index >= 15 is 0 Å². The highest BCUT2D eigenvalue weighted by Gasteiger charge is 2.31. The Hall–Kier alpha value is -2.78. The average Bonchev–Trinajstić information content (AvgIpc) is 3.03. The minimum Gasteiger partial charge on any atom is -0.481 e. The van der Waals surface area contributed by atoms with Crippen molar-refractivity contribution in [2.75, 3.05) is 25.0 Å². The maximum absolute atomic E-state index is 12.1. The molecule has 3 amide bonds. The first kappa shape index (κ1) is 18.6. The number of carboxylic acids is 1. The largest absolute Gasteiger partial charge is 0.481 e. The highest BCUT2D eigenvalue weighted by molar-refractivity contribution is 5.95. The van der Waals surface area contributed by atoms with E-state index in [0.717, 1.165) is 0 Å². The molecule has 1 aliphatic rings. The van der Waals surface area contributed by atoms with E-state index in [4.69, 9.17) is 5.11 Å². The fraction of sp³-hybridized carbons (Fsp3) is 0.400. The van der Waals surface area contributed by atoms with E-state index in [1.807, 2.05) is 0 Å². The molecule has 0 aromatic heterocycles. The molecule has 1 unspecified atom stereocenters. The van der Waals surface area contributed by atoms with Crippen LogP contribution in [0.1, 0.15) is 16.8 Å². The molecule has 1 aromatic rings. The van der Waals surface area contributed by atoms with Crippen molar-refractivity contribution in [2.45, 2.75) is 12.6 Å². The Morgan fingerprint density at radius 3 is 2.36 bits per heavy atom. The van der Waals surface area contributed by atoms with E-state index in [1.54, 1.807) is 5.32 Å². The van der Waals surface area contributed by atoms with Crippen molar-refractivity contribution < 1.29 is 32.7 Å². The number of hydrogen-bond donors (Lipinski definition) is 3. The molecule has 0 radical (unpaired) electrons. The van der Waals surface area contributed by atoms with Crippen LogP contribution < -0.4 is 10.6 Å². The molecule has 3 N–H and O–H groups in total. The molecule has 0 saturated carbocycles. The van der Waals surface area contributed by atoms with Crippen LogP contribution in [0.3, 0.4) is 0 Å². The number of alkyl halides is 3. The van der Waals surface area contributed by atoms with Crippen LogP contribution >= 0.6 is 0 Å². The Balaban J connectivity index is 1.89. The number of nitrogens with one attached hydrogen (secondary N) is 2. The summed E-state index contributed by atoms with van der Waals surface area (Å²) in [5, 5.41) is 13.2. The summed E-state index contributed by atoms with van der Waals surface area (Å²) in [6.07, 6.45) is -4.12. The monoisotopic (exact) mass is 359 g/mol. The van der Waals surface area contributed by atoms with Gasteiger partial charge < -0.3 is 20.6 Å². The Kier molecular flexibility index (Phi) is 5.50. The number of nitrogens with zero attached hydrogens (tertiary/aromatic N) is 1. The normalized spacial score (nSPS) is 17.2. The molecule has 1 aliphatic heterocycles. The van der Waals surface area contributed by atoms with Crippen LogP contribution in [-0.2, 0) is 4.79 Å². The van der Waals surface area contributed by atoms with Crippen LogP contribution in [0.5, 0.6) is 0 Å². The minimum atomic E-state index is -4.49. The van der Waals surface area contributed by atoms with Crippen LogP contribution in [0.15, 0.2) is 24.3 Å². The van der Waals surface area contributed by atoms with E-state index in [-0.39, 0.29) is 12.1 Å². The quantitative estimate of drug-likeness (QED) is 0.765. The first-order valence-corrected chi connectivity index (χ1v) is 7.39. The molecule has 136 valence electrons. The lowest BCUT2D eigenvalue weighted by Gasteiger charge is -2.17. The molecule has 0 aliphatic carbocycles. The average molecular weight is 359 g/mol. The van der Waals surface area contributed by atoms with Gasteiger partial charge in [-0.25, -0.2) is 4.79 Å². The van der Waals surface area contributed by atoms with Crippen LogP contribution in [0.25, 0.3) is 0 Å². The first-order chi connectivity index (χ1) is 11.7. The van der Waals surface area contributed by atoms with Gasteiger partial charge >= 0.3 is 18.2 Å². The fourth-order valence-corrected chi connectivity index (χ4v) is 2.34. The van der Waals surface area contributed by atoms with E-state index < -0.39 is 36.5 Å². The van der Waals surface area contributed by atoms with Crippen molar-refractivity contribution in [3.05, 3.63) is 29.8 Å². The van der Waals surface area contributed by atoms with Gasteiger partial charge in [-0.15, -0.1) is 0 Å². The van der Waals surface area contributed by atoms with Gasteiger partial charge in [0.25, 0.3) is 5.91 Å². The van der Waals surface area contributed by atoms with Crippen molar-refractivity contribution in [3.63, 3.8) is 0 Å². The van der Waals surface area contributed by atoms with E-state index in [0.29, 0.717) is 18.7 Å². The number of urea groups is 1. The van der Waals surface area contributed by atoms with Gasteiger partial charge in [0.2, 0.25) is 0 Å². The number of benzene rings is 1. The molecule has 0 spiro atoms. The van der Waals surface area contributed by atoms with Crippen molar-refractivity contribution in [2.24, 2.45) is 5.92 Å². The Labute approximate surface area is 140 Å². The molecule has 1 heterocycles. The van der Waals surface area contributed by atoms with E-state index in [9.17, 15) is 27.6 Å². The highest BCUT2D eigenvalue weighted by atomic mass is 19.4. The lowest BCUT2D eigenvalue weighted by Crippen LogP contribution is -2.34. The maximum atomic E-state index is 12.1. The van der Waals surface area contributed by atoms with Gasteiger partial charge in [0, 0.05) is 24.3 Å². The molecule has 1 atom stereocenters. The number of likely N-dealkylation sites (tertiary alicyclic amines) is 1. The molecule has 7 nitrogen and oxygen atoms in total. The van der Waals surface area contributed by atoms with Crippen molar-refractivity contribution in [1.82, 2.24) is 10.2 Å². The Morgan fingerprint density at radius 1 is 1.20 bits per heavy atom. The predicted octanol–water partition coefficient (Wildman–Crippen LogP) is 1.92. The summed E-state index contributed by atoms with van der Waals surface area (Å²) in [7, 11) is 0. The Morgan fingerprint density at radius 2 is 1.84 bits per heavy atom. The summed E-state index contributed by atoms with van der Waals surface area (Å²) in [6.45, 7) is -0.996. The number of rotatable bonds is 4. The number of halogens is 3. The van der Waals surface area contributed by atoms with Crippen LogP contribution in [0.4, 0.5) is 23.7 Å². The van der Waals surface area contributed by atoms with E-state index in [2.05, 4.69) is 5.32 Å². The Bertz CT molecular complexity index is 661. The number of aliphatic carboxylic acids is 1. The van der Waals surface area contributed by atoms with Gasteiger partial charge in [0.1, 0.15) is 6.54 Å². The second kappa shape index (κ2) is 7.41. The molecule has 1 fully saturated rings. The van der Waals surface area contributed by atoms with Gasteiger partial charge in [0.15, 0.2) is 0 Å². The first-order valence-electron chi connectivity index (χ1n) is 7.39. The van der Waals surface area contributed by atoms with Gasteiger partial charge in [-0.3, -0.25) is 9.59 Å². The summed E-state index contributed by atoms with van der Waals surface area (Å²) < 4.78 is 36.2. The molecule has 1 saturated heterocycles. The third kappa shape index (κ3) is 5.37. The van der Waals surface area contributed by atoms with Gasteiger partial charge in [-0.1, -0.05) is 0 Å². The summed E-state index contributed by atoms with van der Waals surface area (Å²) in [5.41, 5.74) is 0.366. The van der Waals surface area contributed by atoms with E-state index in [1.165, 1.54) is 29.2 Å². The fourth-order valence-electron chi connectivity index (χ4n) is 2.34. The van der Waals surface area contributed by atoms with Crippen LogP contribution in [0, 0.1) is 5.92 Å².